The lowest BCUT2D eigenvalue weighted by atomic mass is 10.2. The van der Waals surface area contributed by atoms with Gasteiger partial charge in [-0.05, 0) is 32.3 Å². The van der Waals surface area contributed by atoms with Crippen LogP contribution in [-0.4, -0.2) is 57.2 Å². The van der Waals surface area contributed by atoms with Gasteiger partial charge in [0.1, 0.15) is 5.56 Å². The molecule has 3 aromatic rings. The van der Waals surface area contributed by atoms with Crippen LogP contribution in [0.3, 0.4) is 0 Å². The number of hydrogen-bond acceptors (Lipinski definition) is 5. The molecule has 116 valence electrons. The summed E-state index contributed by atoms with van der Waals surface area (Å²) in [4.78, 5) is 26.5. The number of pyridine rings is 1. The predicted octanol–water partition coefficient (Wildman–Crippen LogP) is 1.56. The van der Waals surface area contributed by atoms with E-state index in [9.17, 15) is 4.79 Å². The molecule has 0 fully saturated rings. The van der Waals surface area contributed by atoms with Crippen molar-refractivity contribution in [3.63, 3.8) is 0 Å². The van der Waals surface area contributed by atoms with Crippen LogP contribution in [0, 0.1) is 0 Å². The van der Waals surface area contributed by atoms with Crippen LogP contribution in [0.5, 0.6) is 0 Å². The highest BCUT2D eigenvalue weighted by Crippen LogP contribution is 2.20. The molecule has 7 nitrogen and oxygen atoms in total. The lowest BCUT2D eigenvalue weighted by molar-refractivity contribution is 0.100. The van der Waals surface area contributed by atoms with E-state index >= 15 is 0 Å². The van der Waals surface area contributed by atoms with E-state index in [1.807, 2.05) is 37.2 Å². The van der Waals surface area contributed by atoms with Crippen LogP contribution in [0.1, 0.15) is 10.4 Å². The molecule has 0 atom stereocenters. The van der Waals surface area contributed by atoms with Crippen molar-refractivity contribution in [2.24, 2.45) is 4.99 Å². The van der Waals surface area contributed by atoms with E-state index < -0.39 is 0 Å². The largest absolute Gasteiger partial charge is 0.304 e. The van der Waals surface area contributed by atoms with Crippen LogP contribution in [0.2, 0.25) is 0 Å². The quantitative estimate of drug-likeness (QED) is 0.684. The number of rotatable bonds is 4. The molecule has 0 N–H and O–H groups in total. The summed E-state index contributed by atoms with van der Waals surface area (Å²) in [6.45, 7) is 0.597. The van der Waals surface area contributed by atoms with Gasteiger partial charge in [-0.1, -0.05) is 0 Å². The third-order valence-corrected chi connectivity index (χ3v) is 3.24. The third-order valence-electron chi connectivity index (χ3n) is 3.24. The zero-order valence-corrected chi connectivity index (χ0v) is 12.9. The smallest absolute Gasteiger partial charge is 0.282 e. The molecule has 3 heterocycles. The predicted molar refractivity (Wildman–Crippen MR) is 87.6 cm³/mol. The molecule has 0 aromatic carbocycles. The number of aliphatic imine (C=N–C) groups is 1. The van der Waals surface area contributed by atoms with E-state index in [0.29, 0.717) is 17.8 Å². The maximum atomic E-state index is 12.2. The molecule has 0 radical (unpaired) electrons. The zero-order chi connectivity index (χ0) is 16.2. The highest BCUT2D eigenvalue weighted by Gasteiger charge is 2.15. The Morgan fingerprint density at radius 1 is 1.30 bits per heavy atom. The van der Waals surface area contributed by atoms with Gasteiger partial charge in [-0.3, -0.25) is 9.78 Å². The van der Waals surface area contributed by atoms with Gasteiger partial charge in [-0.25, -0.2) is 14.5 Å². The molecule has 3 aromatic heterocycles. The first-order valence-corrected chi connectivity index (χ1v) is 7.11. The van der Waals surface area contributed by atoms with Crippen LogP contribution in [0.15, 0.2) is 48.0 Å². The van der Waals surface area contributed by atoms with E-state index in [1.54, 1.807) is 29.3 Å². The molecule has 0 saturated heterocycles. The Morgan fingerprint density at radius 3 is 2.91 bits per heavy atom. The average molecular weight is 308 g/mol. The van der Waals surface area contributed by atoms with Crippen LogP contribution in [0.4, 0.5) is 0 Å². The summed E-state index contributed by atoms with van der Waals surface area (Å²) in [7, 11) is 3.82. The monoisotopic (exact) mass is 308 g/mol. The fourth-order valence-corrected chi connectivity index (χ4v) is 2.13. The number of nitrogens with zero attached hydrogens (tertiary/aromatic N) is 6. The van der Waals surface area contributed by atoms with E-state index in [-0.39, 0.29) is 5.91 Å². The summed E-state index contributed by atoms with van der Waals surface area (Å²) in [5.41, 5.74) is 2.58. The second-order valence-corrected chi connectivity index (χ2v) is 5.24. The van der Waals surface area contributed by atoms with Crippen molar-refractivity contribution in [3.05, 3.63) is 48.5 Å². The third kappa shape index (κ3) is 3.14. The SMILES string of the molecule is CN(C)CC=NC(=O)c1cnn2c(-c3cccnc3)ccnc12. The fraction of sp³-hybridized carbons (Fsp3) is 0.188. The summed E-state index contributed by atoms with van der Waals surface area (Å²) in [5, 5.41) is 4.28. The van der Waals surface area contributed by atoms with Crippen LogP contribution in [0.25, 0.3) is 16.9 Å². The second kappa shape index (κ2) is 6.45. The number of carbonyl (C=O) groups excluding carboxylic acids is 1. The first-order chi connectivity index (χ1) is 11.2. The minimum atomic E-state index is -0.349. The van der Waals surface area contributed by atoms with Crippen LogP contribution >= 0.6 is 0 Å². The van der Waals surface area contributed by atoms with Gasteiger partial charge in [-0.15, -0.1) is 0 Å². The Kier molecular flexibility index (Phi) is 4.20. The van der Waals surface area contributed by atoms with Crippen molar-refractivity contribution in [3.8, 4) is 11.3 Å². The molecule has 0 unspecified atom stereocenters. The summed E-state index contributed by atoms with van der Waals surface area (Å²) in [6, 6.07) is 5.61. The lowest BCUT2D eigenvalue weighted by Crippen LogP contribution is -2.14. The maximum absolute atomic E-state index is 12.2. The molecule has 0 aliphatic heterocycles. The van der Waals surface area contributed by atoms with E-state index in [0.717, 1.165) is 11.3 Å². The normalized spacial score (nSPS) is 11.6. The van der Waals surface area contributed by atoms with Crippen molar-refractivity contribution in [1.82, 2.24) is 24.5 Å². The molecule has 0 aliphatic carbocycles. The van der Waals surface area contributed by atoms with Crippen molar-refractivity contribution < 1.29 is 4.79 Å². The van der Waals surface area contributed by atoms with E-state index in [2.05, 4.69) is 20.1 Å². The van der Waals surface area contributed by atoms with Gasteiger partial charge in [0, 0.05) is 36.9 Å². The van der Waals surface area contributed by atoms with E-state index in [1.165, 1.54) is 6.20 Å². The highest BCUT2D eigenvalue weighted by molar-refractivity contribution is 6.03. The van der Waals surface area contributed by atoms with Gasteiger partial charge in [0.2, 0.25) is 0 Å². The van der Waals surface area contributed by atoms with Gasteiger partial charge in [0.05, 0.1) is 11.9 Å². The molecule has 0 spiro atoms. The number of amides is 1. The standard InChI is InChI=1S/C16H16N6O/c1-21(2)9-8-19-16(23)13-11-20-22-14(5-7-18-15(13)22)12-4-3-6-17-10-12/h3-8,10-11H,9H2,1-2H3. The second-order valence-electron chi connectivity index (χ2n) is 5.24. The summed E-state index contributed by atoms with van der Waals surface area (Å²) in [6.07, 6.45) is 8.18. The first kappa shape index (κ1) is 15.0. The van der Waals surface area contributed by atoms with E-state index in [4.69, 9.17) is 0 Å². The molecule has 23 heavy (non-hydrogen) atoms. The average Bonchev–Trinajstić information content (AvgIpc) is 2.99. The molecular weight excluding hydrogens is 292 g/mol. The Balaban J connectivity index is 1.99. The molecule has 0 saturated carbocycles. The van der Waals surface area contributed by atoms with Crippen LogP contribution in [-0.2, 0) is 0 Å². The maximum Gasteiger partial charge on any atom is 0.282 e. The zero-order valence-electron chi connectivity index (χ0n) is 12.9. The lowest BCUT2D eigenvalue weighted by Gasteiger charge is -2.04. The Hall–Kier alpha value is -2.93. The van der Waals surface area contributed by atoms with Gasteiger partial charge < -0.3 is 4.90 Å². The van der Waals surface area contributed by atoms with Gasteiger partial charge >= 0.3 is 0 Å². The molecule has 7 heteroatoms. The Morgan fingerprint density at radius 2 is 2.17 bits per heavy atom. The Bertz CT molecular complexity index is 853. The molecule has 1 amide bonds. The fourth-order valence-electron chi connectivity index (χ4n) is 2.13. The van der Waals surface area contributed by atoms with Gasteiger partial charge in [0.25, 0.3) is 5.91 Å². The number of carbonyl (C=O) groups is 1. The summed E-state index contributed by atoms with van der Waals surface area (Å²) >= 11 is 0. The van der Waals surface area contributed by atoms with Gasteiger partial charge in [0.15, 0.2) is 5.65 Å². The summed E-state index contributed by atoms with van der Waals surface area (Å²) < 4.78 is 1.63. The number of hydrogen-bond donors (Lipinski definition) is 0. The van der Waals surface area contributed by atoms with Crippen molar-refractivity contribution >= 4 is 17.8 Å². The van der Waals surface area contributed by atoms with Crippen molar-refractivity contribution in [2.45, 2.75) is 0 Å². The van der Waals surface area contributed by atoms with Crippen molar-refractivity contribution in [1.29, 1.82) is 0 Å². The first-order valence-electron chi connectivity index (χ1n) is 7.11. The summed E-state index contributed by atoms with van der Waals surface area (Å²) in [5.74, 6) is -0.349. The van der Waals surface area contributed by atoms with Crippen LogP contribution < -0.4 is 0 Å². The minimum Gasteiger partial charge on any atom is -0.304 e. The molecule has 0 aliphatic rings. The molecule has 3 rings (SSSR count). The number of fused-ring (bicyclic) bond motifs is 1. The highest BCUT2D eigenvalue weighted by atomic mass is 16.1. The van der Waals surface area contributed by atoms with Crippen molar-refractivity contribution in [2.75, 3.05) is 20.6 Å². The molecular formula is C16H16N6O. The number of aromatic nitrogens is 4. The van der Waals surface area contributed by atoms with Gasteiger partial charge in [-0.2, -0.15) is 5.10 Å². The Labute approximate surface area is 133 Å². The minimum absolute atomic E-state index is 0.349. The molecule has 0 bridgehead atoms. The topological polar surface area (TPSA) is 75.8 Å².